The molecule has 2 heterocycles. The fraction of sp³-hybridized carbons (Fsp3) is 0.400. The molecule has 1 unspecified atom stereocenters. The van der Waals surface area contributed by atoms with Crippen molar-refractivity contribution in [1.82, 2.24) is 14.8 Å². The molecule has 44 heavy (non-hydrogen) atoms. The van der Waals surface area contributed by atoms with Crippen LogP contribution < -0.4 is 0 Å². The van der Waals surface area contributed by atoms with Crippen LogP contribution in [0.5, 0.6) is 0 Å². The fourth-order valence-corrected chi connectivity index (χ4v) is 6.05. The standard InChI is InChI=1S/C35H38F3N3O3/c1-22-5-6-23(7-8-24-14-28-15-29(34(43)44-4)17-32(28)39-19-24)13-27(22)18-33(42)25-9-10-26(31(16-25)35(36,37)38)20-41-12-11-30(21-41)40(2)3/h5-6,9-10,13-16,19,30H,7-8,11-12,17-18,20-21H2,1-4H3. The van der Waals surface area contributed by atoms with Crippen molar-refractivity contribution >= 4 is 17.8 Å². The average molecular weight is 606 g/mol. The fourth-order valence-electron chi connectivity index (χ4n) is 6.05. The number of hydrogen-bond acceptors (Lipinski definition) is 6. The number of aromatic nitrogens is 1. The molecule has 232 valence electrons. The number of benzene rings is 2. The van der Waals surface area contributed by atoms with Gasteiger partial charge in [-0.1, -0.05) is 30.3 Å². The van der Waals surface area contributed by atoms with E-state index in [1.54, 1.807) is 0 Å². The first-order chi connectivity index (χ1) is 20.9. The van der Waals surface area contributed by atoms with Gasteiger partial charge >= 0.3 is 12.1 Å². The third kappa shape index (κ3) is 7.27. The molecular formula is C35H38F3N3O3. The third-order valence-electron chi connectivity index (χ3n) is 8.77. The van der Waals surface area contributed by atoms with E-state index in [0.29, 0.717) is 30.9 Å². The van der Waals surface area contributed by atoms with Crippen molar-refractivity contribution < 1.29 is 27.5 Å². The summed E-state index contributed by atoms with van der Waals surface area (Å²) in [4.78, 5) is 33.8. The SMILES string of the molecule is COC(=O)C1=Cc2cc(CCc3ccc(C)c(CC(=O)c4ccc(CN5CCC(N(C)C)C5)c(C(F)(F)F)c4)c3)cnc2C1. The molecular weight excluding hydrogens is 567 g/mol. The molecule has 2 aromatic carbocycles. The van der Waals surface area contributed by atoms with Crippen LogP contribution in [-0.4, -0.2) is 66.9 Å². The highest BCUT2D eigenvalue weighted by Crippen LogP contribution is 2.34. The van der Waals surface area contributed by atoms with Crippen molar-refractivity contribution in [2.75, 3.05) is 34.3 Å². The van der Waals surface area contributed by atoms with Crippen LogP contribution in [0.25, 0.3) is 6.08 Å². The minimum Gasteiger partial charge on any atom is -0.466 e. The minimum absolute atomic E-state index is 0.0223. The Morgan fingerprint density at radius 3 is 2.52 bits per heavy atom. The van der Waals surface area contributed by atoms with E-state index in [0.717, 1.165) is 59.1 Å². The van der Waals surface area contributed by atoms with Crippen molar-refractivity contribution in [3.05, 3.63) is 104 Å². The first-order valence-electron chi connectivity index (χ1n) is 14.9. The molecule has 1 aromatic heterocycles. The summed E-state index contributed by atoms with van der Waals surface area (Å²) in [6, 6.07) is 12.3. The van der Waals surface area contributed by atoms with Crippen LogP contribution >= 0.6 is 0 Å². The molecule has 9 heteroatoms. The zero-order valence-corrected chi connectivity index (χ0v) is 25.6. The molecule has 1 aliphatic carbocycles. The maximum Gasteiger partial charge on any atom is 0.416 e. The number of carbonyl (C=O) groups is 2. The molecule has 2 aliphatic rings. The van der Waals surface area contributed by atoms with Crippen molar-refractivity contribution in [2.45, 2.75) is 57.8 Å². The highest BCUT2D eigenvalue weighted by Gasteiger charge is 2.35. The van der Waals surface area contributed by atoms with Crippen LogP contribution in [0.2, 0.25) is 0 Å². The summed E-state index contributed by atoms with van der Waals surface area (Å²) in [6.45, 7) is 3.57. The molecule has 5 rings (SSSR count). The van der Waals surface area contributed by atoms with Gasteiger partial charge in [0.1, 0.15) is 0 Å². The molecule has 1 aliphatic heterocycles. The number of methoxy groups -OCH3 is 1. The summed E-state index contributed by atoms with van der Waals surface area (Å²) in [5.74, 6) is -0.690. The van der Waals surface area contributed by atoms with E-state index in [4.69, 9.17) is 4.74 Å². The largest absolute Gasteiger partial charge is 0.466 e. The van der Waals surface area contributed by atoms with Gasteiger partial charge in [-0.2, -0.15) is 13.2 Å². The molecule has 1 atom stereocenters. The maximum absolute atomic E-state index is 14.1. The number of nitrogens with zero attached hydrogens (tertiary/aromatic N) is 3. The Balaban J connectivity index is 1.26. The van der Waals surface area contributed by atoms with Gasteiger partial charge in [0.05, 0.1) is 18.4 Å². The number of ether oxygens (including phenoxy) is 1. The Bertz CT molecular complexity index is 1600. The van der Waals surface area contributed by atoms with E-state index >= 15 is 0 Å². The number of likely N-dealkylation sites (tertiary alicyclic amines) is 1. The van der Waals surface area contributed by atoms with Gasteiger partial charge in [0.2, 0.25) is 0 Å². The molecule has 0 saturated carbocycles. The van der Waals surface area contributed by atoms with Gasteiger partial charge in [-0.05, 0) is 91.9 Å². The summed E-state index contributed by atoms with van der Waals surface area (Å²) in [6.07, 6.45) is 1.89. The first kappa shape index (κ1) is 31.6. The van der Waals surface area contributed by atoms with Crippen molar-refractivity contribution in [1.29, 1.82) is 0 Å². The molecule has 1 fully saturated rings. The Hall–Kier alpha value is -3.82. The van der Waals surface area contributed by atoms with Gasteiger partial charge in [-0.3, -0.25) is 14.7 Å². The molecule has 1 saturated heterocycles. The number of pyridine rings is 1. The number of rotatable bonds is 10. The summed E-state index contributed by atoms with van der Waals surface area (Å²) in [5, 5.41) is 0. The minimum atomic E-state index is -4.55. The van der Waals surface area contributed by atoms with Crippen LogP contribution in [0, 0.1) is 6.92 Å². The number of carbonyl (C=O) groups excluding carboxylic acids is 2. The zero-order chi connectivity index (χ0) is 31.6. The van der Waals surface area contributed by atoms with Gasteiger partial charge in [0, 0.05) is 55.9 Å². The topological polar surface area (TPSA) is 62.7 Å². The number of halogens is 3. The number of alkyl halides is 3. The van der Waals surface area contributed by atoms with Gasteiger partial charge in [-0.15, -0.1) is 0 Å². The van der Waals surface area contributed by atoms with Crippen LogP contribution in [-0.2, 0) is 47.9 Å². The molecule has 0 spiro atoms. The number of fused-ring (bicyclic) bond motifs is 1. The highest BCUT2D eigenvalue weighted by atomic mass is 19.4. The second kappa shape index (κ2) is 13.0. The lowest BCUT2D eigenvalue weighted by atomic mass is 9.94. The lowest BCUT2D eigenvalue weighted by Crippen LogP contribution is -2.31. The molecule has 3 aromatic rings. The number of hydrogen-bond donors (Lipinski definition) is 0. The average Bonchev–Trinajstić information content (AvgIpc) is 3.64. The van der Waals surface area contributed by atoms with Gasteiger partial charge in [0.25, 0.3) is 0 Å². The third-order valence-corrected chi connectivity index (χ3v) is 8.77. The van der Waals surface area contributed by atoms with E-state index in [9.17, 15) is 22.8 Å². The zero-order valence-electron chi connectivity index (χ0n) is 25.6. The molecule has 0 N–H and O–H groups in total. The summed E-state index contributed by atoms with van der Waals surface area (Å²) >= 11 is 0. The van der Waals surface area contributed by atoms with Crippen molar-refractivity contribution in [3.63, 3.8) is 0 Å². The van der Waals surface area contributed by atoms with Crippen molar-refractivity contribution in [2.24, 2.45) is 0 Å². The van der Waals surface area contributed by atoms with Crippen LogP contribution in [0.4, 0.5) is 13.2 Å². The summed E-state index contributed by atoms with van der Waals surface area (Å²) in [5.41, 5.74) is 5.65. The van der Waals surface area contributed by atoms with E-state index in [2.05, 4.69) is 9.88 Å². The number of esters is 1. The maximum atomic E-state index is 14.1. The first-order valence-corrected chi connectivity index (χ1v) is 14.9. The normalized spacial score (nSPS) is 16.7. The summed E-state index contributed by atoms with van der Waals surface area (Å²) in [7, 11) is 5.33. The van der Waals surface area contributed by atoms with E-state index in [-0.39, 0.29) is 35.8 Å². The number of aryl methyl sites for hydroxylation is 3. The van der Waals surface area contributed by atoms with Crippen LogP contribution in [0.3, 0.4) is 0 Å². The smallest absolute Gasteiger partial charge is 0.416 e. The second-order valence-corrected chi connectivity index (χ2v) is 12.1. The molecule has 6 nitrogen and oxygen atoms in total. The van der Waals surface area contributed by atoms with E-state index in [1.165, 1.54) is 19.2 Å². The predicted molar refractivity (Wildman–Crippen MR) is 163 cm³/mol. The predicted octanol–water partition coefficient (Wildman–Crippen LogP) is 5.87. The van der Waals surface area contributed by atoms with Crippen molar-refractivity contribution in [3.8, 4) is 0 Å². The Labute approximate surface area is 256 Å². The van der Waals surface area contributed by atoms with Gasteiger partial charge in [-0.25, -0.2) is 4.79 Å². The van der Waals surface area contributed by atoms with Gasteiger partial charge < -0.3 is 9.64 Å². The molecule has 0 bridgehead atoms. The lowest BCUT2D eigenvalue weighted by Gasteiger charge is -2.22. The second-order valence-electron chi connectivity index (χ2n) is 12.1. The molecule has 0 amide bonds. The summed E-state index contributed by atoms with van der Waals surface area (Å²) < 4.78 is 47.2. The van der Waals surface area contributed by atoms with E-state index < -0.39 is 11.7 Å². The number of ketones is 1. The highest BCUT2D eigenvalue weighted by molar-refractivity contribution is 5.98. The van der Waals surface area contributed by atoms with Crippen LogP contribution in [0.15, 0.2) is 54.2 Å². The number of likely N-dealkylation sites (N-methyl/N-ethyl adjacent to an activating group) is 1. The lowest BCUT2D eigenvalue weighted by molar-refractivity contribution is -0.138. The quantitative estimate of drug-likeness (QED) is 0.213. The Kier molecular flexibility index (Phi) is 9.37. The molecule has 0 radical (unpaired) electrons. The van der Waals surface area contributed by atoms with Gasteiger partial charge in [0.15, 0.2) is 5.78 Å². The Morgan fingerprint density at radius 1 is 1.05 bits per heavy atom. The number of Topliss-reactive ketones (excluding diaryl/α,β-unsaturated/α-hetero) is 1. The Morgan fingerprint density at radius 2 is 1.82 bits per heavy atom. The van der Waals surface area contributed by atoms with E-state index in [1.807, 2.05) is 62.5 Å². The van der Waals surface area contributed by atoms with Crippen LogP contribution in [0.1, 0.15) is 61.4 Å². The monoisotopic (exact) mass is 605 g/mol.